The monoisotopic (exact) mass is 445 g/mol. The minimum atomic E-state index is -0.605. The minimum Gasteiger partial charge on any atom is -0.320 e. The van der Waals surface area contributed by atoms with Crippen LogP contribution >= 0.6 is 0 Å². The normalized spacial score (nSPS) is 26.5. The summed E-state index contributed by atoms with van der Waals surface area (Å²) in [5.74, 6) is 0.433. The Hall–Kier alpha value is -3.42. The molecule has 4 fully saturated rings. The lowest BCUT2D eigenvalue weighted by molar-refractivity contribution is -0.129. The lowest BCUT2D eigenvalue weighted by Gasteiger charge is -2.35. The highest BCUT2D eigenvalue weighted by molar-refractivity contribution is 6.05. The second-order valence-corrected chi connectivity index (χ2v) is 9.56. The topological polar surface area (TPSA) is 85.8 Å². The largest absolute Gasteiger partial charge is 0.327 e. The minimum absolute atomic E-state index is 0.0839. The Bertz CT molecular complexity index is 1130. The Balaban J connectivity index is 1.15. The van der Waals surface area contributed by atoms with Gasteiger partial charge in [0, 0.05) is 37.2 Å². The number of nitrogens with zero attached hydrogens (tertiary/aromatic N) is 4. The van der Waals surface area contributed by atoms with Crippen molar-refractivity contribution in [1.82, 2.24) is 19.7 Å². The molecular formula is C25H27N5O3. The number of imide groups is 1. The van der Waals surface area contributed by atoms with Crippen LogP contribution in [0, 0.1) is 6.92 Å². The van der Waals surface area contributed by atoms with Crippen LogP contribution in [0.15, 0.2) is 42.6 Å². The molecule has 0 radical (unpaired) electrons. The van der Waals surface area contributed by atoms with Gasteiger partial charge in [-0.3, -0.25) is 14.7 Å². The summed E-state index contributed by atoms with van der Waals surface area (Å²) in [6.07, 6.45) is 4.78. The number of urea groups is 2. The molecule has 170 valence electrons. The summed E-state index contributed by atoms with van der Waals surface area (Å²) in [7, 11) is 0. The summed E-state index contributed by atoms with van der Waals surface area (Å²) in [5, 5.41) is 3.05. The molecule has 2 saturated carbocycles. The van der Waals surface area contributed by atoms with Crippen LogP contribution in [0.25, 0.3) is 0 Å². The smallest absolute Gasteiger partial charge is 0.320 e. The number of fused-ring (bicyclic) bond motifs is 1. The Morgan fingerprint density at radius 3 is 2.64 bits per heavy atom. The highest BCUT2D eigenvalue weighted by Gasteiger charge is 2.56. The van der Waals surface area contributed by atoms with Crippen molar-refractivity contribution in [3.8, 4) is 0 Å². The predicted octanol–water partition coefficient (Wildman–Crippen LogP) is 3.30. The fraction of sp³-hybridized carbons (Fsp3) is 0.440. The highest BCUT2D eigenvalue weighted by Crippen LogP contribution is 2.47. The van der Waals surface area contributed by atoms with Crippen molar-refractivity contribution in [2.24, 2.45) is 0 Å². The van der Waals surface area contributed by atoms with Crippen LogP contribution in [-0.2, 0) is 4.79 Å². The molecule has 2 aromatic rings. The summed E-state index contributed by atoms with van der Waals surface area (Å²) >= 11 is 0. The van der Waals surface area contributed by atoms with E-state index in [-0.39, 0.29) is 36.5 Å². The molecule has 8 heteroatoms. The van der Waals surface area contributed by atoms with Gasteiger partial charge in [-0.2, -0.15) is 0 Å². The van der Waals surface area contributed by atoms with Gasteiger partial charge in [0.05, 0.1) is 17.9 Å². The standard InChI is InChI=1S/C25H27N5O3/c1-15-9-10-26-22(17-7-8-17)21(15)27-24(32)28-11-12-29-20(14-28)23(31)30(25(29)33)19-13-18(19)16-5-3-2-4-6-16/h2-6,9-10,17-20H,7-8,11-14H2,1H3,(H,27,32)/t18-,19+,20+/m1/s1. The van der Waals surface area contributed by atoms with Gasteiger partial charge in [0.2, 0.25) is 0 Å². The van der Waals surface area contributed by atoms with E-state index in [1.54, 1.807) is 16.0 Å². The molecule has 6 rings (SSSR count). The van der Waals surface area contributed by atoms with E-state index in [0.717, 1.165) is 41.8 Å². The van der Waals surface area contributed by atoms with Gasteiger partial charge in [-0.15, -0.1) is 0 Å². The van der Waals surface area contributed by atoms with E-state index in [0.29, 0.717) is 19.0 Å². The molecule has 5 amide bonds. The molecule has 33 heavy (non-hydrogen) atoms. The lowest BCUT2D eigenvalue weighted by atomic mass is 10.1. The molecule has 2 aliphatic heterocycles. The number of aromatic nitrogens is 1. The number of amides is 5. The van der Waals surface area contributed by atoms with Crippen molar-refractivity contribution in [1.29, 1.82) is 0 Å². The average Bonchev–Trinajstić information content (AvgIpc) is 3.75. The number of carbonyl (C=O) groups excluding carboxylic acids is 3. The second kappa shape index (κ2) is 7.57. The number of benzene rings is 1. The average molecular weight is 446 g/mol. The van der Waals surface area contributed by atoms with Crippen LogP contribution < -0.4 is 5.32 Å². The molecule has 1 N–H and O–H groups in total. The van der Waals surface area contributed by atoms with Gasteiger partial charge < -0.3 is 15.1 Å². The third-order valence-electron chi connectivity index (χ3n) is 7.34. The molecular weight excluding hydrogens is 418 g/mol. The van der Waals surface area contributed by atoms with Crippen molar-refractivity contribution in [2.45, 2.75) is 50.1 Å². The number of carbonyl (C=O) groups is 3. The van der Waals surface area contributed by atoms with E-state index in [1.807, 2.05) is 43.3 Å². The Labute approximate surface area is 192 Å². The first-order valence-corrected chi connectivity index (χ1v) is 11.7. The van der Waals surface area contributed by atoms with Gasteiger partial charge in [-0.25, -0.2) is 9.59 Å². The molecule has 3 heterocycles. The maximum atomic E-state index is 13.2. The summed E-state index contributed by atoms with van der Waals surface area (Å²) in [6, 6.07) is 10.8. The molecule has 3 atom stereocenters. The molecule has 0 bridgehead atoms. The zero-order chi connectivity index (χ0) is 22.7. The maximum Gasteiger partial charge on any atom is 0.327 e. The Morgan fingerprint density at radius 2 is 1.88 bits per heavy atom. The van der Waals surface area contributed by atoms with Crippen molar-refractivity contribution in [3.05, 3.63) is 59.4 Å². The number of anilines is 1. The van der Waals surface area contributed by atoms with Crippen LogP contribution in [0.4, 0.5) is 15.3 Å². The summed E-state index contributed by atoms with van der Waals surface area (Å²) in [4.78, 5) is 48.6. The van der Waals surface area contributed by atoms with Gasteiger partial charge in [0.1, 0.15) is 6.04 Å². The van der Waals surface area contributed by atoms with Gasteiger partial charge in [-0.05, 0) is 43.4 Å². The van der Waals surface area contributed by atoms with Crippen LogP contribution in [0.3, 0.4) is 0 Å². The van der Waals surface area contributed by atoms with Gasteiger partial charge in [-0.1, -0.05) is 30.3 Å². The maximum absolute atomic E-state index is 13.2. The lowest BCUT2D eigenvalue weighted by Crippen LogP contribution is -2.55. The fourth-order valence-corrected chi connectivity index (χ4v) is 5.23. The third kappa shape index (κ3) is 3.44. The van der Waals surface area contributed by atoms with Crippen LogP contribution in [0.5, 0.6) is 0 Å². The zero-order valence-corrected chi connectivity index (χ0v) is 18.6. The Kier molecular flexibility index (Phi) is 4.64. The number of aryl methyl sites for hydroxylation is 1. The number of rotatable bonds is 4. The van der Waals surface area contributed by atoms with Crippen molar-refractivity contribution in [3.63, 3.8) is 0 Å². The van der Waals surface area contributed by atoms with Crippen LogP contribution in [0.1, 0.15) is 47.9 Å². The molecule has 0 spiro atoms. The van der Waals surface area contributed by atoms with E-state index in [9.17, 15) is 14.4 Å². The molecule has 1 aromatic carbocycles. The number of piperazine rings is 1. The van der Waals surface area contributed by atoms with Crippen molar-refractivity contribution in [2.75, 3.05) is 25.0 Å². The SMILES string of the molecule is Cc1ccnc(C2CC2)c1NC(=O)N1CCN2C(=O)N([C@H]3C[C@@H]3c3ccccc3)C(=O)[C@@H]2C1. The van der Waals surface area contributed by atoms with E-state index in [2.05, 4.69) is 10.3 Å². The summed E-state index contributed by atoms with van der Waals surface area (Å²) in [5.41, 5.74) is 3.87. The first-order chi connectivity index (χ1) is 16.0. The van der Waals surface area contributed by atoms with Crippen LogP contribution in [-0.4, -0.2) is 69.4 Å². The van der Waals surface area contributed by atoms with E-state index < -0.39 is 6.04 Å². The number of hydrogen-bond acceptors (Lipinski definition) is 4. The van der Waals surface area contributed by atoms with E-state index in [1.165, 1.54) is 4.90 Å². The number of nitrogens with one attached hydrogen (secondary N) is 1. The van der Waals surface area contributed by atoms with Crippen LogP contribution in [0.2, 0.25) is 0 Å². The molecule has 4 aliphatic rings. The first-order valence-electron chi connectivity index (χ1n) is 11.7. The third-order valence-corrected chi connectivity index (χ3v) is 7.34. The summed E-state index contributed by atoms with van der Waals surface area (Å²) in [6.45, 7) is 2.95. The van der Waals surface area contributed by atoms with Crippen molar-refractivity contribution < 1.29 is 14.4 Å². The fourth-order valence-electron chi connectivity index (χ4n) is 5.23. The zero-order valence-electron chi connectivity index (χ0n) is 18.6. The second-order valence-electron chi connectivity index (χ2n) is 9.56. The van der Waals surface area contributed by atoms with Gasteiger partial charge >= 0.3 is 12.1 Å². The number of hydrogen-bond donors (Lipinski definition) is 1. The molecule has 1 aromatic heterocycles. The molecule has 0 unspecified atom stereocenters. The van der Waals surface area contributed by atoms with Crippen molar-refractivity contribution >= 4 is 23.7 Å². The van der Waals surface area contributed by atoms with E-state index in [4.69, 9.17) is 0 Å². The molecule has 2 aliphatic carbocycles. The van der Waals surface area contributed by atoms with Gasteiger partial charge in [0.25, 0.3) is 5.91 Å². The molecule has 2 saturated heterocycles. The number of pyridine rings is 1. The first kappa shape index (κ1) is 20.2. The summed E-state index contributed by atoms with van der Waals surface area (Å²) < 4.78 is 0. The quantitative estimate of drug-likeness (QED) is 0.732. The Morgan fingerprint density at radius 1 is 1.09 bits per heavy atom. The highest BCUT2D eigenvalue weighted by atomic mass is 16.2. The van der Waals surface area contributed by atoms with Gasteiger partial charge in [0.15, 0.2) is 0 Å². The molecule has 8 nitrogen and oxygen atoms in total. The predicted molar refractivity (Wildman–Crippen MR) is 122 cm³/mol. The van der Waals surface area contributed by atoms with E-state index >= 15 is 0 Å².